The zero-order valence-corrected chi connectivity index (χ0v) is 10.6. The molecule has 1 aliphatic rings. The van der Waals surface area contributed by atoms with Crippen LogP contribution >= 0.6 is 15.9 Å². The van der Waals surface area contributed by atoms with E-state index in [0.717, 1.165) is 30.5 Å². The Morgan fingerprint density at radius 3 is 3.12 bits per heavy atom. The van der Waals surface area contributed by atoms with E-state index in [4.69, 9.17) is 10.6 Å². The van der Waals surface area contributed by atoms with E-state index < -0.39 is 0 Å². The molecule has 88 valence electrons. The fourth-order valence-electron chi connectivity index (χ4n) is 2.05. The van der Waals surface area contributed by atoms with E-state index >= 15 is 0 Å². The Morgan fingerprint density at radius 2 is 2.50 bits per heavy atom. The molecule has 2 heterocycles. The van der Waals surface area contributed by atoms with Gasteiger partial charge in [-0.1, -0.05) is 0 Å². The highest BCUT2D eigenvalue weighted by molar-refractivity contribution is 9.10. The second-order valence-corrected chi connectivity index (χ2v) is 5.03. The molecule has 0 bridgehead atoms. The highest BCUT2D eigenvalue weighted by Gasteiger charge is 2.25. The smallest absolute Gasteiger partial charge is 0.0510 e. The number of nitrogens with one attached hydrogen (secondary N) is 1. The summed E-state index contributed by atoms with van der Waals surface area (Å²) >= 11 is 3.42. The van der Waals surface area contributed by atoms with E-state index in [1.807, 2.05) is 6.20 Å². The van der Waals surface area contributed by atoms with Gasteiger partial charge >= 0.3 is 0 Å². The number of halogens is 1. The van der Waals surface area contributed by atoms with Gasteiger partial charge in [0.25, 0.3) is 0 Å². The third-order valence-corrected chi connectivity index (χ3v) is 3.40. The molecule has 1 aromatic heterocycles. The third-order valence-electron chi connectivity index (χ3n) is 2.97. The molecule has 0 saturated carbocycles. The summed E-state index contributed by atoms with van der Waals surface area (Å²) in [6.45, 7) is 1.65. The van der Waals surface area contributed by atoms with Gasteiger partial charge in [-0.25, -0.2) is 0 Å². The van der Waals surface area contributed by atoms with Gasteiger partial charge < -0.3 is 4.74 Å². The van der Waals surface area contributed by atoms with Crippen molar-refractivity contribution in [2.45, 2.75) is 18.9 Å². The van der Waals surface area contributed by atoms with E-state index in [-0.39, 0.29) is 6.04 Å². The first kappa shape index (κ1) is 12.0. The van der Waals surface area contributed by atoms with E-state index in [9.17, 15) is 0 Å². The predicted octanol–water partition coefficient (Wildman–Crippen LogP) is 1.25. The molecule has 2 rings (SSSR count). The Morgan fingerprint density at radius 1 is 1.62 bits per heavy atom. The second-order valence-electron chi connectivity index (χ2n) is 4.11. The highest BCUT2D eigenvalue weighted by atomic mass is 79.9. The Kier molecular flexibility index (Phi) is 4.29. The SMILES string of the molecule is NNC(Cc1cncc(Br)c1)C1CCOC1. The lowest BCUT2D eigenvalue weighted by molar-refractivity contribution is 0.176. The van der Waals surface area contributed by atoms with Crippen molar-refractivity contribution in [3.63, 3.8) is 0 Å². The molecule has 0 spiro atoms. The maximum atomic E-state index is 5.60. The van der Waals surface area contributed by atoms with Gasteiger partial charge in [-0.05, 0) is 40.4 Å². The maximum absolute atomic E-state index is 5.60. The molecule has 0 aromatic carbocycles. The van der Waals surface area contributed by atoms with E-state index in [1.165, 1.54) is 5.56 Å². The molecule has 2 unspecified atom stereocenters. The van der Waals surface area contributed by atoms with Crippen molar-refractivity contribution < 1.29 is 4.74 Å². The van der Waals surface area contributed by atoms with Gasteiger partial charge in [-0.15, -0.1) is 0 Å². The van der Waals surface area contributed by atoms with Gasteiger partial charge in [-0.3, -0.25) is 16.3 Å². The average Bonchev–Trinajstić information content (AvgIpc) is 2.79. The van der Waals surface area contributed by atoms with Gasteiger partial charge in [0, 0.05) is 35.4 Å². The Bertz CT molecular complexity index is 342. The van der Waals surface area contributed by atoms with Crippen LogP contribution in [0.4, 0.5) is 0 Å². The first-order valence-electron chi connectivity index (χ1n) is 5.43. The van der Waals surface area contributed by atoms with E-state index in [1.54, 1.807) is 6.20 Å². The van der Waals surface area contributed by atoms with Gasteiger partial charge in [0.2, 0.25) is 0 Å². The molecule has 4 nitrogen and oxygen atoms in total. The van der Waals surface area contributed by atoms with Crippen molar-refractivity contribution in [2.75, 3.05) is 13.2 Å². The fraction of sp³-hybridized carbons (Fsp3) is 0.545. The summed E-state index contributed by atoms with van der Waals surface area (Å²) in [5.41, 5.74) is 4.07. The minimum absolute atomic E-state index is 0.263. The molecule has 1 aliphatic heterocycles. The summed E-state index contributed by atoms with van der Waals surface area (Å²) in [7, 11) is 0. The molecule has 1 aromatic rings. The molecule has 1 saturated heterocycles. The zero-order chi connectivity index (χ0) is 11.4. The number of hydrazine groups is 1. The lowest BCUT2D eigenvalue weighted by Crippen LogP contribution is -2.42. The largest absolute Gasteiger partial charge is 0.381 e. The molecule has 1 fully saturated rings. The van der Waals surface area contributed by atoms with Crippen LogP contribution in [-0.4, -0.2) is 24.2 Å². The summed E-state index contributed by atoms with van der Waals surface area (Å²) in [6.07, 6.45) is 5.63. The van der Waals surface area contributed by atoms with Gasteiger partial charge in [0.1, 0.15) is 0 Å². The van der Waals surface area contributed by atoms with Crippen LogP contribution in [0.15, 0.2) is 22.9 Å². The minimum Gasteiger partial charge on any atom is -0.381 e. The predicted molar refractivity (Wildman–Crippen MR) is 65.7 cm³/mol. The van der Waals surface area contributed by atoms with Gasteiger partial charge in [0.15, 0.2) is 0 Å². The maximum Gasteiger partial charge on any atom is 0.0510 e. The number of hydrogen-bond donors (Lipinski definition) is 2. The summed E-state index contributed by atoms with van der Waals surface area (Å²) in [4.78, 5) is 4.15. The monoisotopic (exact) mass is 285 g/mol. The van der Waals surface area contributed by atoms with Crippen LogP contribution in [0, 0.1) is 5.92 Å². The van der Waals surface area contributed by atoms with E-state index in [2.05, 4.69) is 32.4 Å². The minimum atomic E-state index is 0.263. The average molecular weight is 286 g/mol. The topological polar surface area (TPSA) is 60.2 Å². The van der Waals surface area contributed by atoms with Crippen molar-refractivity contribution in [2.24, 2.45) is 11.8 Å². The number of nitrogens with two attached hydrogens (primary N) is 1. The molecule has 0 radical (unpaired) electrons. The standard InChI is InChI=1S/C11H16BrN3O/c12-10-3-8(5-14-6-10)4-11(15-13)9-1-2-16-7-9/h3,5-6,9,11,15H,1-2,4,7,13H2. The molecular weight excluding hydrogens is 270 g/mol. The third kappa shape index (κ3) is 3.01. The van der Waals surface area contributed by atoms with Crippen LogP contribution in [-0.2, 0) is 11.2 Å². The molecule has 0 aliphatic carbocycles. The van der Waals surface area contributed by atoms with Crippen LogP contribution in [0.5, 0.6) is 0 Å². The summed E-state index contributed by atoms with van der Waals surface area (Å²) < 4.78 is 6.38. The number of nitrogens with zero attached hydrogens (tertiary/aromatic N) is 1. The number of rotatable bonds is 4. The summed E-state index contributed by atoms with van der Waals surface area (Å²) in [5, 5.41) is 0. The van der Waals surface area contributed by atoms with Crippen molar-refractivity contribution in [3.8, 4) is 0 Å². The summed E-state index contributed by atoms with van der Waals surface area (Å²) in [5.74, 6) is 6.10. The van der Waals surface area contributed by atoms with Crippen molar-refractivity contribution in [1.82, 2.24) is 10.4 Å². The van der Waals surface area contributed by atoms with Crippen LogP contribution in [0.3, 0.4) is 0 Å². The Balaban J connectivity index is 2.00. The molecule has 0 amide bonds. The van der Waals surface area contributed by atoms with Crippen LogP contribution in [0.2, 0.25) is 0 Å². The zero-order valence-electron chi connectivity index (χ0n) is 9.03. The number of hydrogen-bond acceptors (Lipinski definition) is 4. The summed E-state index contributed by atoms with van der Waals surface area (Å²) in [6, 6.07) is 2.34. The number of ether oxygens (including phenoxy) is 1. The first-order valence-corrected chi connectivity index (χ1v) is 6.22. The molecule has 2 atom stereocenters. The lowest BCUT2D eigenvalue weighted by atomic mass is 9.94. The number of pyridine rings is 1. The molecule has 3 N–H and O–H groups in total. The van der Waals surface area contributed by atoms with Crippen LogP contribution in [0.25, 0.3) is 0 Å². The highest BCUT2D eigenvalue weighted by Crippen LogP contribution is 2.20. The van der Waals surface area contributed by atoms with Crippen LogP contribution in [0.1, 0.15) is 12.0 Å². The molecule has 16 heavy (non-hydrogen) atoms. The van der Waals surface area contributed by atoms with Gasteiger partial charge in [0.05, 0.1) is 6.61 Å². The van der Waals surface area contributed by atoms with Crippen molar-refractivity contribution in [3.05, 3.63) is 28.5 Å². The first-order chi connectivity index (χ1) is 7.79. The van der Waals surface area contributed by atoms with Crippen molar-refractivity contribution >= 4 is 15.9 Å². The normalized spacial score (nSPS) is 22.2. The molecular formula is C11H16BrN3O. The Hall–Kier alpha value is -0.490. The molecule has 5 heteroatoms. The Labute approximate surface area is 104 Å². The van der Waals surface area contributed by atoms with Crippen molar-refractivity contribution in [1.29, 1.82) is 0 Å². The van der Waals surface area contributed by atoms with Crippen LogP contribution < -0.4 is 11.3 Å². The quantitative estimate of drug-likeness (QED) is 0.646. The fourth-order valence-corrected chi connectivity index (χ4v) is 2.47. The lowest BCUT2D eigenvalue weighted by Gasteiger charge is -2.21. The second kappa shape index (κ2) is 5.72. The van der Waals surface area contributed by atoms with Gasteiger partial charge in [-0.2, -0.15) is 0 Å². The van der Waals surface area contributed by atoms with E-state index in [0.29, 0.717) is 5.92 Å². The number of aromatic nitrogens is 1.